The molecule has 0 unspecified atom stereocenters. The fraction of sp³-hybridized carbons (Fsp3) is 0. The molecule has 0 saturated heterocycles. The third-order valence-electron chi connectivity index (χ3n) is 2.76. The number of nitrogens with zero attached hydrogens (tertiary/aromatic N) is 1. The number of phenols is 1. The van der Waals surface area contributed by atoms with E-state index in [1.807, 2.05) is 24.3 Å². The largest absolute Gasteiger partial charge is 0.507 e. The first-order valence-electron chi connectivity index (χ1n) is 5.44. The number of hydrogen-bond acceptors (Lipinski definition) is 3. The number of benzene rings is 2. The van der Waals surface area contributed by atoms with Crippen molar-refractivity contribution in [3.63, 3.8) is 0 Å². The number of nitrogens with one attached hydrogen (secondary N) is 1. The van der Waals surface area contributed by atoms with E-state index in [1.54, 1.807) is 12.4 Å². The van der Waals surface area contributed by atoms with Gasteiger partial charge in [-0.2, -0.15) is 0 Å². The van der Waals surface area contributed by atoms with Crippen molar-refractivity contribution < 1.29 is 9.90 Å². The highest BCUT2D eigenvalue weighted by Crippen LogP contribution is 2.29. The van der Waals surface area contributed by atoms with Gasteiger partial charge in [0.05, 0.1) is 16.6 Å². The fourth-order valence-corrected chi connectivity index (χ4v) is 1.87. The van der Waals surface area contributed by atoms with Gasteiger partial charge in [0, 0.05) is 5.56 Å². The van der Waals surface area contributed by atoms with Gasteiger partial charge in [-0.05, 0) is 30.3 Å². The summed E-state index contributed by atoms with van der Waals surface area (Å²) in [5.74, 6) is 0.610. The molecule has 0 spiro atoms. The molecule has 4 nitrogen and oxygen atoms in total. The van der Waals surface area contributed by atoms with Gasteiger partial charge in [-0.15, -0.1) is 0 Å². The van der Waals surface area contributed by atoms with Crippen molar-refractivity contribution in [3.05, 3.63) is 48.0 Å². The van der Waals surface area contributed by atoms with E-state index in [1.165, 1.54) is 12.1 Å². The molecule has 3 aromatic rings. The molecule has 4 heteroatoms. The Morgan fingerprint density at radius 1 is 1.17 bits per heavy atom. The smallest absolute Gasteiger partial charge is 0.233 e. The lowest BCUT2D eigenvalue weighted by molar-refractivity contribution is 0.477. The minimum absolute atomic E-state index is 0.0769. The van der Waals surface area contributed by atoms with Crippen LogP contribution in [0.1, 0.15) is 5.56 Å². The summed E-state index contributed by atoms with van der Waals surface area (Å²) in [7, 11) is 0. The molecule has 0 aliphatic rings. The van der Waals surface area contributed by atoms with Gasteiger partial charge in [0.25, 0.3) is 0 Å². The molecule has 0 amide bonds. The first kappa shape index (κ1) is 10.5. The number of carbonyl (C=O) groups excluding carboxylic acids is 1. The molecule has 0 fully saturated rings. The van der Waals surface area contributed by atoms with E-state index >= 15 is 0 Å². The zero-order chi connectivity index (χ0) is 12.5. The molecule has 1 aromatic heterocycles. The zero-order valence-electron chi connectivity index (χ0n) is 9.34. The van der Waals surface area contributed by atoms with E-state index < -0.39 is 0 Å². The average Bonchev–Trinajstić information content (AvgIpc) is 2.82. The lowest BCUT2D eigenvalue weighted by Crippen LogP contribution is -1.86. The summed E-state index contributed by atoms with van der Waals surface area (Å²) in [4.78, 5) is 18.1. The summed E-state index contributed by atoms with van der Waals surface area (Å²) in [6, 6.07) is 12.1. The van der Waals surface area contributed by atoms with Crippen LogP contribution in [-0.4, -0.2) is 21.4 Å². The van der Waals surface area contributed by atoms with Gasteiger partial charge in [-0.1, -0.05) is 12.1 Å². The number of fused-ring (bicyclic) bond motifs is 1. The predicted octanol–water partition coefficient (Wildman–Crippen LogP) is 2.39. The van der Waals surface area contributed by atoms with Gasteiger partial charge in [-0.25, -0.2) is 4.98 Å². The maximum absolute atomic E-state index is 10.6. The average molecular weight is 237 g/mol. The standard InChI is InChI=1S/C14H9N2O2/c17-8-9-5-6-13(18)10(7-9)14-15-11-3-1-2-4-12(11)16-14/h1-7,18H,(H,15,16). The molecule has 1 heterocycles. The van der Waals surface area contributed by atoms with Gasteiger partial charge < -0.3 is 10.1 Å². The van der Waals surface area contributed by atoms with E-state index in [2.05, 4.69) is 9.97 Å². The Morgan fingerprint density at radius 3 is 2.78 bits per heavy atom. The second-order valence-corrected chi connectivity index (χ2v) is 3.94. The predicted molar refractivity (Wildman–Crippen MR) is 68.0 cm³/mol. The molecule has 2 N–H and O–H groups in total. The molecule has 18 heavy (non-hydrogen) atoms. The molecule has 0 aliphatic carbocycles. The second-order valence-electron chi connectivity index (χ2n) is 3.94. The van der Waals surface area contributed by atoms with E-state index in [0.29, 0.717) is 17.0 Å². The molecule has 0 saturated carbocycles. The second kappa shape index (κ2) is 4.00. The number of aromatic amines is 1. The number of para-hydroxylation sites is 2. The molecule has 0 bridgehead atoms. The van der Waals surface area contributed by atoms with Crippen molar-refractivity contribution in [1.82, 2.24) is 9.97 Å². The summed E-state index contributed by atoms with van der Waals surface area (Å²) in [6.07, 6.45) is 1.80. The SMILES string of the molecule is O=[C]c1ccc(O)c(-c2nc3ccccc3[nH]2)c1. The summed E-state index contributed by atoms with van der Waals surface area (Å²) in [6.45, 7) is 0. The molecular weight excluding hydrogens is 228 g/mol. The van der Waals surface area contributed by atoms with Crippen LogP contribution in [0.5, 0.6) is 5.75 Å². The van der Waals surface area contributed by atoms with Gasteiger partial charge in [0.1, 0.15) is 11.6 Å². The number of phenolic OH excluding ortho intramolecular Hbond substituents is 1. The molecular formula is C14H9N2O2. The minimum Gasteiger partial charge on any atom is -0.507 e. The Hall–Kier alpha value is -2.62. The first-order chi connectivity index (χ1) is 8.78. The third kappa shape index (κ3) is 1.64. The molecule has 0 aliphatic heterocycles. The first-order valence-corrected chi connectivity index (χ1v) is 5.44. The van der Waals surface area contributed by atoms with Crippen molar-refractivity contribution in [2.45, 2.75) is 0 Å². The highest BCUT2D eigenvalue weighted by Gasteiger charge is 2.10. The van der Waals surface area contributed by atoms with Crippen LogP contribution in [0.15, 0.2) is 42.5 Å². The molecule has 1 radical (unpaired) electrons. The zero-order valence-corrected chi connectivity index (χ0v) is 9.34. The van der Waals surface area contributed by atoms with E-state index in [0.717, 1.165) is 11.0 Å². The number of aromatic nitrogens is 2. The van der Waals surface area contributed by atoms with Crippen molar-refractivity contribution >= 4 is 17.3 Å². The summed E-state index contributed by atoms with van der Waals surface area (Å²) >= 11 is 0. The van der Waals surface area contributed by atoms with Crippen LogP contribution in [0.3, 0.4) is 0 Å². The van der Waals surface area contributed by atoms with Gasteiger partial charge >= 0.3 is 0 Å². The van der Waals surface area contributed by atoms with E-state index in [9.17, 15) is 9.90 Å². The molecule has 0 atom stereocenters. The monoisotopic (exact) mass is 237 g/mol. The number of rotatable bonds is 2. The summed E-state index contributed by atoms with van der Waals surface area (Å²) < 4.78 is 0. The van der Waals surface area contributed by atoms with Gasteiger partial charge in [0.2, 0.25) is 6.29 Å². The van der Waals surface area contributed by atoms with Crippen molar-refractivity contribution in [1.29, 1.82) is 0 Å². The van der Waals surface area contributed by atoms with Crippen molar-refractivity contribution in [2.24, 2.45) is 0 Å². The molecule has 3 rings (SSSR count). The van der Waals surface area contributed by atoms with Crippen LogP contribution < -0.4 is 0 Å². The Labute approximate surface area is 103 Å². The lowest BCUT2D eigenvalue weighted by Gasteiger charge is -2.01. The quantitative estimate of drug-likeness (QED) is 0.719. The van der Waals surface area contributed by atoms with Crippen LogP contribution in [0.4, 0.5) is 0 Å². The van der Waals surface area contributed by atoms with Gasteiger partial charge in [0.15, 0.2) is 0 Å². The minimum atomic E-state index is 0.0769. The maximum Gasteiger partial charge on any atom is 0.233 e. The van der Waals surface area contributed by atoms with E-state index in [4.69, 9.17) is 0 Å². The molecule has 2 aromatic carbocycles. The summed E-state index contributed by atoms with van der Waals surface area (Å²) in [5, 5.41) is 9.82. The van der Waals surface area contributed by atoms with Gasteiger partial charge in [-0.3, -0.25) is 4.79 Å². The third-order valence-corrected chi connectivity index (χ3v) is 2.76. The lowest BCUT2D eigenvalue weighted by atomic mass is 10.1. The van der Waals surface area contributed by atoms with Crippen molar-refractivity contribution in [2.75, 3.05) is 0 Å². The Morgan fingerprint density at radius 2 is 2.00 bits per heavy atom. The normalized spacial score (nSPS) is 10.7. The Balaban J connectivity index is 2.21. The van der Waals surface area contributed by atoms with Crippen LogP contribution >= 0.6 is 0 Å². The van der Waals surface area contributed by atoms with Crippen LogP contribution in [-0.2, 0) is 4.79 Å². The Kier molecular flexibility index (Phi) is 2.34. The van der Waals surface area contributed by atoms with Crippen LogP contribution in [0.25, 0.3) is 22.4 Å². The highest BCUT2D eigenvalue weighted by molar-refractivity contribution is 5.83. The number of H-pyrrole nitrogens is 1. The number of hydrogen-bond donors (Lipinski definition) is 2. The topological polar surface area (TPSA) is 66.0 Å². The van der Waals surface area contributed by atoms with Crippen LogP contribution in [0.2, 0.25) is 0 Å². The van der Waals surface area contributed by atoms with E-state index in [-0.39, 0.29) is 5.75 Å². The number of aromatic hydroxyl groups is 1. The fourth-order valence-electron chi connectivity index (χ4n) is 1.87. The molecule has 87 valence electrons. The Bertz CT molecular complexity index is 698. The maximum atomic E-state index is 10.6. The highest BCUT2D eigenvalue weighted by atomic mass is 16.3. The summed E-state index contributed by atoms with van der Waals surface area (Å²) in [5.41, 5.74) is 2.56. The number of imidazole rings is 1. The van der Waals surface area contributed by atoms with Crippen molar-refractivity contribution in [3.8, 4) is 17.1 Å². The van der Waals surface area contributed by atoms with Crippen LogP contribution in [0, 0.1) is 0 Å².